The minimum Gasteiger partial charge on any atom is -0.383 e. The highest BCUT2D eigenvalue weighted by molar-refractivity contribution is 9.10. The van der Waals surface area contributed by atoms with Gasteiger partial charge in [0, 0.05) is 22.2 Å². The van der Waals surface area contributed by atoms with E-state index in [1.807, 2.05) is 22.9 Å². The quantitative estimate of drug-likeness (QED) is 0.732. The molecule has 114 valence electrons. The molecule has 7 heteroatoms. The Morgan fingerprint density at radius 1 is 1.48 bits per heavy atom. The summed E-state index contributed by atoms with van der Waals surface area (Å²) in [7, 11) is 1.66. The zero-order chi connectivity index (χ0) is 15.2. The van der Waals surface area contributed by atoms with E-state index >= 15 is 0 Å². The smallest absolute Gasteiger partial charge is 0.0834 e. The van der Waals surface area contributed by atoms with E-state index in [1.165, 1.54) is 0 Å². The summed E-state index contributed by atoms with van der Waals surface area (Å²) in [5, 5.41) is 4.86. The highest BCUT2D eigenvalue weighted by Crippen LogP contribution is 2.31. The average Bonchev–Trinajstić information content (AvgIpc) is 2.85. The van der Waals surface area contributed by atoms with Crippen LogP contribution in [0.4, 0.5) is 0 Å². The zero-order valence-electron chi connectivity index (χ0n) is 11.6. The summed E-state index contributed by atoms with van der Waals surface area (Å²) < 4.78 is 7.97. The third-order valence-corrected chi connectivity index (χ3v) is 5.38. The van der Waals surface area contributed by atoms with Crippen LogP contribution in [0, 0.1) is 0 Å². The minimum atomic E-state index is -0.186. The molecule has 21 heavy (non-hydrogen) atoms. The molecular weight excluding hydrogens is 374 g/mol. The van der Waals surface area contributed by atoms with Gasteiger partial charge in [0.1, 0.15) is 0 Å². The second kappa shape index (κ2) is 8.19. The van der Waals surface area contributed by atoms with Gasteiger partial charge in [-0.1, -0.05) is 23.7 Å². The number of ether oxygens (including phenoxy) is 1. The van der Waals surface area contributed by atoms with Crippen molar-refractivity contribution in [2.75, 3.05) is 19.5 Å². The molecule has 0 fully saturated rings. The van der Waals surface area contributed by atoms with E-state index in [9.17, 15) is 0 Å². The molecule has 1 unspecified atom stereocenters. The largest absolute Gasteiger partial charge is 0.383 e. The van der Waals surface area contributed by atoms with Gasteiger partial charge in [0.15, 0.2) is 0 Å². The Labute approximate surface area is 142 Å². The van der Waals surface area contributed by atoms with Crippen molar-refractivity contribution in [3.05, 3.63) is 45.7 Å². The van der Waals surface area contributed by atoms with Crippen LogP contribution in [0.3, 0.4) is 0 Å². The van der Waals surface area contributed by atoms with Crippen LogP contribution >= 0.6 is 39.3 Å². The van der Waals surface area contributed by atoms with E-state index in [0.717, 1.165) is 20.8 Å². The molecule has 2 N–H and O–H groups in total. The molecule has 2 rings (SSSR count). The monoisotopic (exact) mass is 389 g/mol. The van der Waals surface area contributed by atoms with Gasteiger partial charge in [0.2, 0.25) is 0 Å². The van der Waals surface area contributed by atoms with Gasteiger partial charge >= 0.3 is 0 Å². The predicted octanol–water partition coefficient (Wildman–Crippen LogP) is 3.74. The fraction of sp³-hybridized carbons (Fsp3) is 0.357. The van der Waals surface area contributed by atoms with Crippen molar-refractivity contribution in [3.8, 4) is 0 Å². The van der Waals surface area contributed by atoms with Gasteiger partial charge < -0.3 is 10.5 Å². The van der Waals surface area contributed by atoms with Crippen LogP contribution < -0.4 is 5.73 Å². The molecule has 0 saturated heterocycles. The number of nitrogens with two attached hydrogens (primary N) is 1. The Kier molecular flexibility index (Phi) is 6.57. The molecule has 0 aliphatic rings. The Hall–Kier alpha value is -0.530. The standard InChI is InChI=1S/C14H17BrClN3OS/c1-20-7-6-19-14(11(16)8-18-19)12(17)9-21-13-5-3-2-4-10(13)15/h2-5,8,12H,6-7,9,17H2,1H3. The van der Waals surface area contributed by atoms with Gasteiger partial charge in [-0.2, -0.15) is 5.10 Å². The van der Waals surface area contributed by atoms with Crippen molar-refractivity contribution >= 4 is 39.3 Å². The molecule has 1 aromatic heterocycles. The normalized spacial score (nSPS) is 12.6. The van der Waals surface area contributed by atoms with Crippen LogP contribution in [0.25, 0.3) is 0 Å². The zero-order valence-corrected chi connectivity index (χ0v) is 14.8. The van der Waals surface area contributed by atoms with E-state index in [0.29, 0.717) is 18.2 Å². The summed E-state index contributed by atoms with van der Waals surface area (Å²) in [4.78, 5) is 1.16. The van der Waals surface area contributed by atoms with Gasteiger partial charge in [0.25, 0.3) is 0 Å². The number of halogens is 2. The SMILES string of the molecule is COCCn1ncc(Cl)c1C(N)CSc1ccccc1Br. The number of thioether (sulfide) groups is 1. The number of hydrogen-bond acceptors (Lipinski definition) is 4. The number of hydrogen-bond donors (Lipinski definition) is 1. The number of benzene rings is 1. The Bertz CT molecular complexity index is 593. The third-order valence-electron chi connectivity index (χ3n) is 2.95. The molecule has 4 nitrogen and oxygen atoms in total. The topological polar surface area (TPSA) is 53.1 Å². The third kappa shape index (κ3) is 4.47. The molecule has 0 saturated carbocycles. The lowest BCUT2D eigenvalue weighted by atomic mass is 10.2. The molecule has 0 amide bonds. The molecule has 0 aliphatic heterocycles. The van der Waals surface area contributed by atoms with E-state index in [2.05, 4.69) is 27.1 Å². The van der Waals surface area contributed by atoms with Crippen LogP contribution in [-0.2, 0) is 11.3 Å². The van der Waals surface area contributed by atoms with Crippen LogP contribution in [0.2, 0.25) is 5.02 Å². The van der Waals surface area contributed by atoms with Gasteiger partial charge in [-0.3, -0.25) is 4.68 Å². The molecule has 0 aliphatic carbocycles. The van der Waals surface area contributed by atoms with Crippen molar-refractivity contribution < 1.29 is 4.74 Å². The first kappa shape index (κ1) is 16.8. The van der Waals surface area contributed by atoms with E-state index < -0.39 is 0 Å². The van der Waals surface area contributed by atoms with Crippen molar-refractivity contribution in [2.45, 2.75) is 17.5 Å². The van der Waals surface area contributed by atoms with E-state index in [4.69, 9.17) is 22.1 Å². The number of nitrogens with zero attached hydrogens (tertiary/aromatic N) is 2. The number of methoxy groups -OCH3 is 1. The molecule has 2 aromatic rings. The van der Waals surface area contributed by atoms with E-state index in [-0.39, 0.29) is 6.04 Å². The van der Waals surface area contributed by atoms with Crippen LogP contribution in [0.15, 0.2) is 39.8 Å². The Morgan fingerprint density at radius 3 is 2.95 bits per heavy atom. The second-order valence-corrected chi connectivity index (χ2v) is 6.76. The first-order valence-corrected chi connectivity index (χ1v) is 8.62. The van der Waals surface area contributed by atoms with Crippen LogP contribution in [0.1, 0.15) is 11.7 Å². The number of aromatic nitrogens is 2. The molecule has 0 radical (unpaired) electrons. The molecule has 1 atom stereocenters. The van der Waals surface area contributed by atoms with Gasteiger partial charge in [-0.15, -0.1) is 11.8 Å². The fourth-order valence-corrected chi connectivity index (χ4v) is 3.72. The second-order valence-electron chi connectivity index (χ2n) is 4.44. The van der Waals surface area contributed by atoms with Crippen molar-refractivity contribution in [3.63, 3.8) is 0 Å². The molecule has 1 heterocycles. The maximum atomic E-state index is 6.29. The maximum absolute atomic E-state index is 6.29. The van der Waals surface area contributed by atoms with Crippen molar-refractivity contribution in [2.24, 2.45) is 5.73 Å². The summed E-state index contributed by atoms with van der Waals surface area (Å²) in [5.74, 6) is 0.723. The first-order valence-electron chi connectivity index (χ1n) is 6.46. The maximum Gasteiger partial charge on any atom is 0.0834 e. The molecule has 0 spiro atoms. The molecule has 0 bridgehead atoms. The molecular formula is C14H17BrClN3OS. The summed E-state index contributed by atoms with van der Waals surface area (Å²) in [6.07, 6.45) is 1.63. The van der Waals surface area contributed by atoms with Gasteiger partial charge in [-0.05, 0) is 28.1 Å². The highest BCUT2D eigenvalue weighted by Gasteiger charge is 2.17. The predicted molar refractivity (Wildman–Crippen MR) is 90.9 cm³/mol. The Morgan fingerprint density at radius 2 is 2.24 bits per heavy atom. The van der Waals surface area contributed by atoms with Crippen molar-refractivity contribution in [1.82, 2.24) is 9.78 Å². The highest BCUT2D eigenvalue weighted by atomic mass is 79.9. The van der Waals surface area contributed by atoms with E-state index in [1.54, 1.807) is 25.1 Å². The van der Waals surface area contributed by atoms with Gasteiger partial charge in [-0.25, -0.2) is 0 Å². The summed E-state index contributed by atoms with van der Waals surface area (Å²) in [6, 6.07) is 7.89. The number of rotatable bonds is 7. The first-order chi connectivity index (χ1) is 10.1. The average molecular weight is 391 g/mol. The molecule has 1 aromatic carbocycles. The fourth-order valence-electron chi connectivity index (χ4n) is 1.92. The minimum absolute atomic E-state index is 0.186. The van der Waals surface area contributed by atoms with Crippen LogP contribution in [0.5, 0.6) is 0 Å². The summed E-state index contributed by atoms with van der Waals surface area (Å²) >= 11 is 11.4. The lowest BCUT2D eigenvalue weighted by Crippen LogP contribution is -2.20. The lowest BCUT2D eigenvalue weighted by Gasteiger charge is -2.15. The van der Waals surface area contributed by atoms with Crippen molar-refractivity contribution in [1.29, 1.82) is 0 Å². The van der Waals surface area contributed by atoms with Crippen LogP contribution in [-0.4, -0.2) is 29.3 Å². The van der Waals surface area contributed by atoms with Gasteiger partial charge in [0.05, 0.1) is 36.1 Å². The summed E-state index contributed by atoms with van der Waals surface area (Å²) in [6.45, 7) is 1.22. The summed E-state index contributed by atoms with van der Waals surface area (Å²) in [5.41, 5.74) is 7.14. The Balaban J connectivity index is 2.05. The lowest BCUT2D eigenvalue weighted by molar-refractivity contribution is 0.182.